The summed E-state index contributed by atoms with van der Waals surface area (Å²) in [5.74, 6) is 0.653. The van der Waals surface area contributed by atoms with Gasteiger partial charge in [0.1, 0.15) is 6.26 Å². The number of hydrogen-bond acceptors (Lipinski definition) is 3. The molecule has 0 amide bonds. The first-order chi connectivity index (χ1) is 8.75. The lowest BCUT2D eigenvalue weighted by atomic mass is 9.97. The normalized spacial score (nSPS) is 12.8. The molecule has 0 saturated heterocycles. The highest BCUT2D eigenvalue weighted by Crippen LogP contribution is 2.21. The zero-order chi connectivity index (χ0) is 12.8. The average Bonchev–Trinajstić information content (AvgIpc) is 2.88. The van der Waals surface area contributed by atoms with Crippen LogP contribution in [0, 0.1) is 5.92 Å². The van der Waals surface area contributed by atoms with Gasteiger partial charge in [0.2, 0.25) is 0 Å². The van der Waals surface area contributed by atoms with Crippen LogP contribution in [-0.2, 0) is 6.54 Å². The number of nitrogens with zero attached hydrogens (tertiary/aromatic N) is 1. The highest BCUT2D eigenvalue weighted by molar-refractivity contribution is 5.19. The van der Waals surface area contributed by atoms with Crippen LogP contribution in [-0.4, -0.2) is 5.16 Å². The van der Waals surface area contributed by atoms with E-state index < -0.39 is 0 Å². The van der Waals surface area contributed by atoms with Gasteiger partial charge in [-0.25, -0.2) is 0 Å². The van der Waals surface area contributed by atoms with Crippen LogP contribution in [0.5, 0.6) is 0 Å². The molecule has 1 heterocycles. The maximum Gasteiger partial charge on any atom is 0.124 e. The van der Waals surface area contributed by atoms with Crippen molar-refractivity contribution in [2.75, 3.05) is 0 Å². The van der Waals surface area contributed by atoms with Crippen LogP contribution in [0.2, 0.25) is 0 Å². The Morgan fingerprint density at radius 1 is 1.17 bits per heavy atom. The third-order valence-corrected chi connectivity index (χ3v) is 2.93. The fourth-order valence-electron chi connectivity index (χ4n) is 2.05. The standard InChI is InChI=1S/C15H20N2O/c1-12(2)10-15(13-6-4-3-5-7-13)16-11-14-8-9-18-17-14/h3-9,12,15-16H,10-11H2,1-2H3. The molecule has 1 aromatic carbocycles. The SMILES string of the molecule is CC(C)CC(NCc1ccon1)c1ccccc1. The second kappa shape index (κ2) is 6.36. The average molecular weight is 244 g/mol. The number of hydrogen-bond donors (Lipinski definition) is 1. The Balaban J connectivity index is 2.01. The van der Waals surface area contributed by atoms with E-state index in [1.807, 2.05) is 12.1 Å². The molecule has 1 N–H and O–H groups in total. The molecular formula is C15H20N2O. The molecule has 0 aliphatic rings. The fraction of sp³-hybridized carbons (Fsp3) is 0.400. The molecule has 96 valence electrons. The second-order valence-electron chi connectivity index (χ2n) is 4.96. The van der Waals surface area contributed by atoms with Gasteiger partial charge in [-0.2, -0.15) is 0 Å². The lowest BCUT2D eigenvalue weighted by Gasteiger charge is -2.20. The highest BCUT2D eigenvalue weighted by atomic mass is 16.5. The van der Waals surface area contributed by atoms with E-state index in [9.17, 15) is 0 Å². The molecule has 2 aromatic rings. The van der Waals surface area contributed by atoms with Crippen LogP contribution in [0.1, 0.15) is 37.6 Å². The first-order valence-corrected chi connectivity index (χ1v) is 6.43. The summed E-state index contributed by atoms with van der Waals surface area (Å²) in [6, 6.07) is 12.8. The van der Waals surface area contributed by atoms with E-state index >= 15 is 0 Å². The zero-order valence-electron chi connectivity index (χ0n) is 11.0. The summed E-state index contributed by atoms with van der Waals surface area (Å²) in [6.45, 7) is 5.23. The Labute approximate surface area is 108 Å². The minimum atomic E-state index is 0.364. The molecule has 0 radical (unpaired) electrons. The predicted molar refractivity (Wildman–Crippen MR) is 72.0 cm³/mol. The zero-order valence-corrected chi connectivity index (χ0v) is 11.0. The van der Waals surface area contributed by atoms with Crippen LogP contribution in [0.15, 0.2) is 47.2 Å². The monoisotopic (exact) mass is 244 g/mol. The summed E-state index contributed by atoms with van der Waals surface area (Å²) in [5, 5.41) is 7.47. The molecule has 0 saturated carbocycles. The molecule has 0 bridgehead atoms. The largest absolute Gasteiger partial charge is 0.364 e. The predicted octanol–water partition coefficient (Wildman–Crippen LogP) is 3.55. The van der Waals surface area contributed by atoms with E-state index in [4.69, 9.17) is 4.52 Å². The molecule has 3 nitrogen and oxygen atoms in total. The first-order valence-electron chi connectivity index (χ1n) is 6.43. The minimum Gasteiger partial charge on any atom is -0.364 e. The van der Waals surface area contributed by atoms with Gasteiger partial charge >= 0.3 is 0 Å². The molecule has 0 spiro atoms. The maximum atomic E-state index is 4.84. The number of nitrogens with one attached hydrogen (secondary N) is 1. The lowest BCUT2D eigenvalue weighted by Crippen LogP contribution is -2.22. The topological polar surface area (TPSA) is 38.1 Å². The van der Waals surface area contributed by atoms with Gasteiger partial charge in [-0.3, -0.25) is 0 Å². The van der Waals surface area contributed by atoms with Gasteiger partial charge in [0.25, 0.3) is 0 Å². The van der Waals surface area contributed by atoms with Gasteiger partial charge in [0, 0.05) is 18.7 Å². The van der Waals surface area contributed by atoms with Gasteiger partial charge < -0.3 is 9.84 Å². The molecule has 2 rings (SSSR count). The Hall–Kier alpha value is -1.61. The number of aromatic nitrogens is 1. The Morgan fingerprint density at radius 2 is 1.94 bits per heavy atom. The van der Waals surface area contributed by atoms with E-state index in [-0.39, 0.29) is 0 Å². The van der Waals surface area contributed by atoms with E-state index in [2.05, 4.69) is 48.6 Å². The van der Waals surface area contributed by atoms with E-state index in [1.165, 1.54) is 5.56 Å². The van der Waals surface area contributed by atoms with Crippen molar-refractivity contribution in [3.63, 3.8) is 0 Å². The third kappa shape index (κ3) is 3.70. The smallest absolute Gasteiger partial charge is 0.124 e. The number of benzene rings is 1. The highest BCUT2D eigenvalue weighted by Gasteiger charge is 2.13. The molecule has 0 aliphatic carbocycles. The van der Waals surface area contributed by atoms with Crippen molar-refractivity contribution in [3.05, 3.63) is 53.9 Å². The summed E-state index contributed by atoms with van der Waals surface area (Å²) in [5.41, 5.74) is 2.27. The molecule has 3 heteroatoms. The van der Waals surface area contributed by atoms with Gasteiger partial charge in [-0.15, -0.1) is 0 Å². The minimum absolute atomic E-state index is 0.364. The lowest BCUT2D eigenvalue weighted by molar-refractivity contribution is 0.393. The first kappa shape index (κ1) is 12.8. The van der Waals surface area contributed by atoms with Gasteiger partial charge in [-0.1, -0.05) is 49.3 Å². The summed E-state index contributed by atoms with van der Waals surface area (Å²) in [4.78, 5) is 0. The van der Waals surface area contributed by atoms with E-state index in [1.54, 1.807) is 6.26 Å². The van der Waals surface area contributed by atoms with Gasteiger partial charge in [0.05, 0.1) is 5.69 Å². The van der Waals surface area contributed by atoms with Gasteiger partial charge in [0.15, 0.2) is 0 Å². The number of rotatable bonds is 6. The van der Waals surface area contributed by atoms with Gasteiger partial charge in [-0.05, 0) is 17.9 Å². The third-order valence-electron chi connectivity index (χ3n) is 2.93. The summed E-state index contributed by atoms with van der Waals surface area (Å²) in [6.07, 6.45) is 2.72. The van der Waals surface area contributed by atoms with Crippen LogP contribution in [0.4, 0.5) is 0 Å². The Kier molecular flexibility index (Phi) is 4.53. The van der Waals surface area contributed by atoms with Crippen molar-refractivity contribution < 1.29 is 4.52 Å². The Morgan fingerprint density at radius 3 is 2.56 bits per heavy atom. The Bertz CT molecular complexity index is 437. The molecule has 18 heavy (non-hydrogen) atoms. The molecule has 1 atom stereocenters. The quantitative estimate of drug-likeness (QED) is 0.844. The van der Waals surface area contributed by atoms with E-state index in [0.717, 1.165) is 18.7 Å². The maximum absolute atomic E-state index is 4.84. The van der Waals surface area contributed by atoms with Crippen LogP contribution < -0.4 is 5.32 Å². The van der Waals surface area contributed by atoms with Crippen LogP contribution in [0.25, 0.3) is 0 Å². The van der Waals surface area contributed by atoms with Crippen molar-refractivity contribution in [2.24, 2.45) is 5.92 Å². The molecule has 0 fully saturated rings. The van der Waals surface area contributed by atoms with Crippen LogP contribution in [0.3, 0.4) is 0 Å². The van der Waals surface area contributed by atoms with Crippen LogP contribution >= 0.6 is 0 Å². The molecule has 1 aromatic heterocycles. The van der Waals surface area contributed by atoms with Crippen molar-refractivity contribution in [2.45, 2.75) is 32.9 Å². The second-order valence-corrected chi connectivity index (χ2v) is 4.96. The fourth-order valence-corrected chi connectivity index (χ4v) is 2.05. The van der Waals surface area contributed by atoms with Crippen molar-refractivity contribution in [1.29, 1.82) is 0 Å². The summed E-state index contributed by atoms with van der Waals surface area (Å²) in [7, 11) is 0. The summed E-state index contributed by atoms with van der Waals surface area (Å²) >= 11 is 0. The van der Waals surface area contributed by atoms with E-state index in [0.29, 0.717) is 12.0 Å². The van der Waals surface area contributed by atoms with Crippen molar-refractivity contribution in [3.8, 4) is 0 Å². The molecule has 1 unspecified atom stereocenters. The van der Waals surface area contributed by atoms with Crippen molar-refractivity contribution >= 4 is 0 Å². The molecular weight excluding hydrogens is 224 g/mol. The van der Waals surface area contributed by atoms with Crippen molar-refractivity contribution in [1.82, 2.24) is 10.5 Å². The summed E-state index contributed by atoms with van der Waals surface area (Å²) < 4.78 is 4.84. The molecule has 0 aliphatic heterocycles.